The van der Waals surface area contributed by atoms with E-state index in [1.54, 1.807) is 28.4 Å². The Bertz CT molecular complexity index is 1180. The lowest BCUT2D eigenvalue weighted by Gasteiger charge is -2.38. The maximum Gasteiger partial charge on any atom is 0.254 e. The van der Waals surface area contributed by atoms with Gasteiger partial charge in [0.1, 0.15) is 12.4 Å². The average Bonchev–Trinajstić information content (AvgIpc) is 3.26. The minimum atomic E-state index is -0.415. The molecule has 1 aliphatic heterocycles. The summed E-state index contributed by atoms with van der Waals surface area (Å²) < 4.78 is 13.3. The molecule has 1 unspecified atom stereocenters. The van der Waals surface area contributed by atoms with Gasteiger partial charge in [-0.3, -0.25) is 9.59 Å². The smallest absolute Gasteiger partial charge is 0.254 e. The molecule has 4 nitrogen and oxygen atoms in total. The molecule has 3 aromatic rings. The van der Waals surface area contributed by atoms with E-state index in [1.165, 1.54) is 34.0 Å². The number of carbonyl (C=O) groups excluding carboxylic acids is 2. The predicted molar refractivity (Wildman–Crippen MR) is 131 cm³/mol. The van der Waals surface area contributed by atoms with E-state index in [0.29, 0.717) is 22.2 Å². The molecule has 8 heteroatoms. The summed E-state index contributed by atoms with van der Waals surface area (Å²) in [5, 5.41) is 3.04. The quantitative estimate of drug-likeness (QED) is 0.413. The van der Waals surface area contributed by atoms with Crippen LogP contribution in [-0.2, 0) is 11.2 Å². The van der Waals surface area contributed by atoms with Crippen molar-refractivity contribution in [3.05, 3.63) is 91.3 Å². The van der Waals surface area contributed by atoms with Gasteiger partial charge in [0.15, 0.2) is 0 Å². The van der Waals surface area contributed by atoms with Gasteiger partial charge in [0.05, 0.1) is 6.04 Å². The second-order valence-corrected chi connectivity index (χ2v) is 10.1. The Morgan fingerprint density at radius 2 is 1.85 bits per heavy atom. The van der Waals surface area contributed by atoms with Crippen molar-refractivity contribution in [2.75, 3.05) is 13.1 Å². The Labute approximate surface area is 206 Å². The molecule has 0 bridgehead atoms. The molecular formula is C25H23Cl2FN2O2S. The number of amides is 2. The fourth-order valence-corrected chi connectivity index (χ4v) is 5.54. The van der Waals surface area contributed by atoms with Gasteiger partial charge in [-0.25, -0.2) is 4.39 Å². The van der Waals surface area contributed by atoms with E-state index in [4.69, 9.17) is 23.2 Å². The fourth-order valence-electron chi connectivity index (χ4n) is 4.13. The Hall–Kier alpha value is -2.41. The first-order chi connectivity index (χ1) is 15.8. The highest BCUT2D eigenvalue weighted by molar-refractivity contribution is 7.10. The third-order valence-corrected chi connectivity index (χ3v) is 7.38. The average molecular weight is 505 g/mol. The lowest BCUT2D eigenvalue weighted by atomic mass is 9.93. The van der Waals surface area contributed by atoms with E-state index >= 15 is 0 Å². The zero-order chi connectivity index (χ0) is 23.7. The zero-order valence-electron chi connectivity index (χ0n) is 18.2. The Kier molecular flexibility index (Phi) is 7.07. The van der Waals surface area contributed by atoms with Crippen LogP contribution in [0, 0.1) is 5.82 Å². The van der Waals surface area contributed by atoms with Crippen molar-refractivity contribution in [1.82, 2.24) is 9.80 Å². The summed E-state index contributed by atoms with van der Waals surface area (Å²) in [7, 11) is 0. The number of thiophene rings is 1. The number of nitrogens with zero attached hydrogens (tertiary/aromatic N) is 2. The highest BCUT2D eigenvalue weighted by atomic mass is 35.5. The van der Waals surface area contributed by atoms with E-state index in [1.807, 2.05) is 31.4 Å². The van der Waals surface area contributed by atoms with Crippen LogP contribution in [0.2, 0.25) is 10.0 Å². The van der Waals surface area contributed by atoms with Crippen LogP contribution in [0.3, 0.4) is 0 Å². The summed E-state index contributed by atoms with van der Waals surface area (Å²) in [4.78, 5) is 31.2. The topological polar surface area (TPSA) is 40.6 Å². The van der Waals surface area contributed by atoms with Crippen LogP contribution in [0.1, 0.15) is 46.3 Å². The second-order valence-electron chi connectivity index (χ2n) is 8.24. The van der Waals surface area contributed by atoms with Gasteiger partial charge in [-0.15, -0.1) is 11.3 Å². The number of rotatable bonds is 5. The first-order valence-corrected chi connectivity index (χ1v) is 12.3. The molecule has 0 radical (unpaired) electrons. The third kappa shape index (κ3) is 4.93. The van der Waals surface area contributed by atoms with Gasteiger partial charge >= 0.3 is 0 Å². The molecule has 0 spiro atoms. The molecule has 1 aromatic heterocycles. The normalized spacial score (nSPS) is 15.5. The summed E-state index contributed by atoms with van der Waals surface area (Å²) in [5.41, 5.74) is 2.19. The van der Waals surface area contributed by atoms with E-state index in [0.717, 1.165) is 17.5 Å². The minimum absolute atomic E-state index is 0.0882. The third-order valence-electron chi connectivity index (χ3n) is 5.82. The standard InChI is InChI=1S/C25H23Cl2FN2O2S/c1-15(2)30(25(32)16-3-6-18(28)7-4-16)14-23(31)29-11-9-22-20(10-12-33-22)24(29)19-8-5-17(26)13-21(19)27/h3-8,10,12-13,15,24H,9,11,14H2,1-2H3. The SMILES string of the molecule is CC(C)N(CC(=O)N1CCc2sccc2C1c1ccc(Cl)cc1Cl)C(=O)c1ccc(F)cc1. The molecule has 2 heterocycles. The molecule has 1 atom stereocenters. The highest BCUT2D eigenvalue weighted by Crippen LogP contribution is 2.41. The first kappa shape index (κ1) is 23.7. The van der Waals surface area contributed by atoms with Crippen LogP contribution in [0.5, 0.6) is 0 Å². The number of hydrogen-bond acceptors (Lipinski definition) is 3. The summed E-state index contributed by atoms with van der Waals surface area (Å²) in [5.74, 6) is -0.902. The van der Waals surface area contributed by atoms with Crippen molar-refractivity contribution in [2.45, 2.75) is 32.4 Å². The van der Waals surface area contributed by atoms with Crippen molar-refractivity contribution in [3.63, 3.8) is 0 Å². The lowest BCUT2D eigenvalue weighted by molar-refractivity contribution is -0.134. The number of carbonyl (C=O) groups is 2. The maximum absolute atomic E-state index is 13.6. The first-order valence-electron chi connectivity index (χ1n) is 10.6. The van der Waals surface area contributed by atoms with Crippen LogP contribution in [0.25, 0.3) is 0 Å². The van der Waals surface area contributed by atoms with Crippen LogP contribution >= 0.6 is 34.5 Å². The largest absolute Gasteiger partial charge is 0.330 e. The minimum Gasteiger partial charge on any atom is -0.330 e. The predicted octanol–water partition coefficient (Wildman–Crippen LogP) is 6.22. The summed E-state index contributed by atoms with van der Waals surface area (Å²) in [6.45, 7) is 4.15. The van der Waals surface area contributed by atoms with Crippen molar-refractivity contribution in [3.8, 4) is 0 Å². The zero-order valence-corrected chi connectivity index (χ0v) is 20.6. The lowest BCUT2D eigenvalue weighted by Crippen LogP contribution is -2.48. The molecule has 0 saturated heterocycles. The fraction of sp³-hybridized carbons (Fsp3) is 0.280. The van der Waals surface area contributed by atoms with E-state index < -0.39 is 5.82 Å². The summed E-state index contributed by atoms with van der Waals surface area (Å²) >= 11 is 14.3. The molecule has 0 N–H and O–H groups in total. The van der Waals surface area contributed by atoms with Crippen molar-refractivity contribution >= 4 is 46.4 Å². The van der Waals surface area contributed by atoms with Crippen molar-refractivity contribution in [2.24, 2.45) is 0 Å². The van der Waals surface area contributed by atoms with Crippen LogP contribution in [0.4, 0.5) is 4.39 Å². The molecule has 4 rings (SSSR count). The van der Waals surface area contributed by atoms with E-state index in [9.17, 15) is 14.0 Å². The van der Waals surface area contributed by atoms with Gasteiger partial charge in [-0.1, -0.05) is 29.3 Å². The van der Waals surface area contributed by atoms with E-state index in [-0.39, 0.29) is 30.4 Å². The number of hydrogen-bond donors (Lipinski definition) is 0. The molecule has 0 fully saturated rings. The summed E-state index contributed by atoms with van der Waals surface area (Å²) in [6, 6.07) is 12.1. The molecule has 2 aromatic carbocycles. The van der Waals surface area contributed by atoms with Gasteiger partial charge < -0.3 is 9.80 Å². The van der Waals surface area contributed by atoms with Crippen LogP contribution in [0.15, 0.2) is 53.9 Å². The molecule has 33 heavy (non-hydrogen) atoms. The monoisotopic (exact) mass is 504 g/mol. The molecule has 172 valence electrons. The second kappa shape index (κ2) is 9.84. The number of fused-ring (bicyclic) bond motifs is 1. The summed E-state index contributed by atoms with van der Waals surface area (Å²) in [6.07, 6.45) is 0.744. The maximum atomic E-state index is 13.6. The van der Waals surface area contributed by atoms with Gasteiger partial charge in [0, 0.05) is 33.1 Å². The number of halogens is 3. The van der Waals surface area contributed by atoms with Crippen molar-refractivity contribution in [1.29, 1.82) is 0 Å². The Balaban J connectivity index is 1.65. The van der Waals surface area contributed by atoms with E-state index in [2.05, 4.69) is 0 Å². The molecular weight excluding hydrogens is 482 g/mol. The Morgan fingerprint density at radius 1 is 1.12 bits per heavy atom. The molecule has 1 aliphatic rings. The van der Waals surface area contributed by atoms with Gasteiger partial charge in [0.2, 0.25) is 5.91 Å². The number of benzene rings is 2. The van der Waals surface area contributed by atoms with Crippen molar-refractivity contribution < 1.29 is 14.0 Å². The van der Waals surface area contributed by atoms with Crippen LogP contribution < -0.4 is 0 Å². The Morgan fingerprint density at radius 3 is 2.52 bits per heavy atom. The molecule has 2 amide bonds. The van der Waals surface area contributed by atoms with Gasteiger partial charge in [0.25, 0.3) is 5.91 Å². The highest BCUT2D eigenvalue weighted by Gasteiger charge is 2.35. The van der Waals surface area contributed by atoms with Crippen LogP contribution in [-0.4, -0.2) is 40.7 Å². The molecule has 0 aliphatic carbocycles. The van der Waals surface area contributed by atoms with Gasteiger partial charge in [-0.2, -0.15) is 0 Å². The molecule has 0 saturated carbocycles. The van der Waals surface area contributed by atoms with Gasteiger partial charge in [-0.05, 0) is 79.2 Å².